The van der Waals surface area contributed by atoms with Gasteiger partial charge in [-0.15, -0.1) is 0 Å². The van der Waals surface area contributed by atoms with Crippen LogP contribution in [0.4, 0.5) is 0 Å². The Balaban J connectivity index is 2.09. The van der Waals surface area contributed by atoms with Gasteiger partial charge in [-0.3, -0.25) is 0 Å². The van der Waals surface area contributed by atoms with E-state index in [1.807, 2.05) is 0 Å². The van der Waals surface area contributed by atoms with Gasteiger partial charge in [-0.05, 0) is 63.5 Å². The lowest BCUT2D eigenvalue weighted by Crippen LogP contribution is -2.42. The van der Waals surface area contributed by atoms with Crippen molar-refractivity contribution in [1.82, 2.24) is 4.90 Å². The molecule has 1 heteroatoms. The van der Waals surface area contributed by atoms with Crippen LogP contribution in [-0.2, 0) is 5.41 Å². The summed E-state index contributed by atoms with van der Waals surface area (Å²) in [5, 5.41) is 0. The monoisotopic (exact) mass is 379 g/mol. The highest BCUT2D eigenvalue weighted by Gasteiger charge is 2.49. The number of hydrogen-bond acceptors (Lipinski definition) is 1. The molecule has 0 amide bonds. The zero-order valence-corrected chi connectivity index (χ0v) is 19.7. The first-order valence-electron chi connectivity index (χ1n) is 11.2. The third-order valence-electron chi connectivity index (χ3n) is 7.03. The summed E-state index contributed by atoms with van der Waals surface area (Å²) in [5.41, 5.74) is 7.83. The van der Waals surface area contributed by atoms with E-state index in [2.05, 4.69) is 97.6 Å². The van der Waals surface area contributed by atoms with Crippen LogP contribution in [0.3, 0.4) is 0 Å². The molecule has 1 aromatic rings. The normalized spacial score (nSPS) is 27.4. The van der Waals surface area contributed by atoms with Crippen molar-refractivity contribution < 1.29 is 0 Å². The largest absolute Gasteiger partial charge is 0.368 e. The third-order valence-corrected chi connectivity index (χ3v) is 7.03. The fourth-order valence-electron chi connectivity index (χ4n) is 5.78. The van der Waals surface area contributed by atoms with Gasteiger partial charge < -0.3 is 4.90 Å². The molecule has 1 aliphatic heterocycles. The standard InChI is InChI=1S/C27H41N/c1-18(2)23-11-10-12-24(19(3)4)25(23)28-17-27(9,16-26(28,7)8)22-14-20(5)13-21(6)15-22/h10-11,13-15,18-19,24H,12,16-17H2,1-9H3/t24-,27?/m0/s1. The molecular formula is C27H41N. The molecule has 0 spiro atoms. The van der Waals surface area contributed by atoms with Crippen molar-refractivity contribution in [3.8, 4) is 0 Å². The minimum absolute atomic E-state index is 0.167. The predicted molar refractivity (Wildman–Crippen MR) is 123 cm³/mol. The third kappa shape index (κ3) is 3.82. The van der Waals surface area contributed by atoms with Gasteiger partial charge in [-0.25, -0.2) is 0 Å². The maximum atomic E-state index is 2.80. The Hall–Kier alpha value is -1.50. The number of benzene rings is 1. The average molecular weight is 380 g/mol. The molecule has 2 atom stereocenters. The summed E-state index contributed by atoms with van der Waals surface area (Å²) in [5.74, 6) is 1.86. The van der Waals surface area contributed by atoms with Crippen molar-refractivity contribution >= 4 is 0 Å². The fraction of sp³-hybridized carbons (Fsp3) is 0.630. The lowest BCUT2D eigenvalue weighted by Gasteiger charge is -2.43. The summed E-state index contributed by atoms with van der Waals surface area (Å²) in [4.78, 5) is 2.80. The molecule has 28 heavy (non-hydrogen) atoms. The molecule has 154 valence electrons. The number of aryl methyl sites for hydroxylation is 2. The Morgan fingerprint density at radius 3 is 2.11 bits per heavy atom. The Kier molecular flexibility index (Phi) is 5.60. The molecule has 0 saturated carbocycles. The Morgan fingerprint density at radius 1 is 0.964 bits per heavy atom. The molecule has 3 rings (SSSR count). The van der Waals surface area contributed by atoms with E-state index in [9.17, 15) is 0 Å². The first-order valence-corrected chi connectivity index (χ1v) is 11.2. The number of hydrogen-bond donors (Lipinski definition) is 0. The maximum absolute atomic E-state index is 2.80. The van der Waals surface area contributed by atoms with Crippen LogP contribution in [-0.4, -0.2) is 17.0 Å². The van der Waals surface area contributed by atoms with Crippen LogP contribution in [0.25, 0.3) is 0 Å². The Labute approximate surface area is 173 Å². The first-order chi connectivity index (χ1) is 12.9. The number of rotatable bonds is 4. The molecule has 1 nitrogen and oxygen atoms in total. The fourth-order valence-corrected chi connectivity index (χ4v) is 5.78. The van der Waals surface area contributed by atoms with E-state index in [1.54, 1.807) is 11.3 Å². The lowest BCUT2D eigenvalue weighted by molar-refractivity contribution is 0.183. The zero-order valence-electron chi connectivity index (χ0n) is 19.7. The highest BCUT2D eigenvalue weighted by atomic mass is 15.2. The molecule has 1 heterocycles. The van der Waals surface area contributed by atoms with E-state index in [4.69, 9.17) is 0 Å². The second-order valence-electron chi connectivity index (χ2n) is 11.0. The van der Waals surface area contributed by atoms with Crippen LogP contribution in [0.15, 0.2) is 41.6 Å². The summed E-state index contributed by atoms with van der Waals surface area (Å²) in [6.07, 6.45) is 7.21. The first kappa shape index (κ1) is 21.2. The molecule has 1 unspecified atom stereocenters. The van der Waals surface area contributed by atoms with Crippen LogP contribution < -0.4 is 0 Å². The van der Waals surface area contributed by atoms with Gasteiger partial charge in [0.2, 0.25) is 0 Å². The molecule has 0 aromatic heterocycles. The van der Waals surface area contributed by atoms with Gasteiger partial charge in [0.25, 0.3) is 0 Å². The van der Waals surface area contributed by atoms with Crippen molar-refractivity contribution in [2.24, 2.45) is 17.8 Å². The quantitative estimate of drug-likeness (QED) is 0.535. The van der Waals surface area contributed by atoms with Gasteiger partial charge >= 0.3 is 0 Å². The molecule has 0 N–H and O–H groups in total. The van der Waals surface area contributed by atoms with E-state index >= 15 is 0 Å². The van der Waals surface area contributed by atoms with Crippen molar-refractivity contribution in [2.75, 3.05) is 6.54 Å². The highest BCUT2D eigenvalue weighted by Crippen LogP contribution is 2.49. The van der Waals surface area contributed by atoms with Gasteiger partial charge in [0, 0.05) is 29.1 Å². The Morgan fingerprint density at radius 2 is 1.57 bits per heavy atom. The van der Waals surface area contributed by atoms with Crippen molar-refractivity contribution in [2.45, 2.75) is 86.1 Å². The van der Waals surface area contributed by atoms with Crippen molar-refractivity contribution in [3.63, 3.8) is 0 Å². The molecular weight excluding hydrogens is 338 g/mol. The van der Waals surface area contributed by atoms with Crippen LogP contribution in [0, 0.1) is 31.6 Å². The second kappa shape index (κ2) is 7.39. The SMILES string of the molecule is Cc1cc(C)cc(C2(C)CN(C3=C(C(C)C)C=CC[C@H]3C(C)C)C(C)(C)C2)c1. The molecule has 0 radical (unpaired) electrons. The second-order valence-corrected chi connectivity index (χ2v) is 11.0. The topological polar surface area (TPSA) is 3.24 Å². The molecule has 0 bridgehead atoms. The number of allylic oxidation sites excluding steroid dienone is 4. The maximum Gasteiger partial charge on any atom is 0.0352 e. The van der Waals surface area contributed by atoms with Crippen LogP contribution in [0.5, 0.6) is 0 Å². The highest BCUT2D eigenvalue weighted by molar-refractivity contribution is 5.39. The van der Waals surface area contributed by atoms with Gasteiger partial charge in [-0.2, -0.15) is 0 Å². The van der Waals surface area contributed by atoms with E-state index in [0.29, 0.717) is 17.8 Å². The molecule has 2 aliphatic rings. The summed E-state index contributed by atoms with van der Waals surface area (Å²) >= 11 is 0. The van der Waals surface area contributed by atoms with E-state index < -0.39 is 0 Å². The van der Waals surface area contributed by atoms with E-state index in [0.717, 1.165) is 6.54 Å². The van der Waals surface area contributed by atoms with Crippen molar-refractivity contribution in [1.29, 1.82) is 0 Å². The lowest BCUT2D eigenvalue weighted by atomic mass is 9.77. The van der Waals surface area contributed by atoms with E-state index in [1.165, 1.54) is 29.5 Å². The van der Waals surface area contributed by atoms with Crippen LogP contribution >= 0.6 is 0 Å². The van der Waals surface area contributed by atoms with Crippen molar-refractivity contribution in [3.05, 3.63) is 58.3 Å². The minimum atomic E-state index is 0.167. The van der Waals surface area contributed by atoms with Crippen LogP contribution in [0.1, 0.15) is 78.0 Å². The predicted octanol–water partition coefficient (Wildman–Crippen LogP) is 7.19. The smallest absolute Gasteiger partial charge is 0.0352 e. The van der Waals surface area contributed by atoms with Crippen LogP contribution in [0.2, 0.25) is 0 Å². The molecule has 1 aromatic carbocycles. The Bertz CT molecular complexity index is 772. The van der Waals surface area contributed by atoms with Gasteiger partial charge in [0.15, 0.2) is 0 Å². The zero-order chi connectivity index (χ0) is 20.9. The van der Waals surface area contributed by atoms with E-state index in [-0.39, 0.29) is 11.0 Å². The summed E-state index contributed by atoms with van der Waals surface area (Å²) in [6, 6.07) is 7.14. The summed E-state index contributed by atoms with van der Waals surface area (Å²) in [7, 11) is 0. The minimum Gasteiger partial charge on any atom is -0.368 e. The molecule has 1 saturated heterocycles. The van der Waals surface area contributed by atoms with Gasteiger partial charge in [0.05, 0.1) is 0 Å². The number of likely N-dealkylation sites (tertiary alicyclic amines) is 1. The molecule has 1 aliphatic carbocycles. The van der Waals surface area contributed by atoms with Gasteiger partial charge in [-0.1, -0.05) is 76.1 Å². The van der Waals surface area contributed by atoms with Gasteiger partial charge in [0.1, 0.15) is 0 Å². The summed E-state index contributed by atoms with van der Waals surface area (Å²) in [6.45, 7) is 22.5. The molecule has 1 fully saturated rings. The summed E-state index contributed by atoms with van der Waals surface area (Å²) < 4.78 is 0. The number of nitrogens with zero attached hydrogens (tertiary/aromatic N) is 1. The average Bonchev–Trinajstić information content (AvgIpc) is 2.83.